The standard InChI is InChI=1S/C12H15N3O3S/c1-9(2)15(8-12(14)16)19(17,18)11-5-3-10(7-13)4-6-11/h3-6,9H,8H2,1-2H3,(H2,14,16). The Labute approximate surface area is 112 Å². The number of hydrogen-bond acceptors (Lipinski definition) is 4. The van der Waals surface area contributed by atoms with Gasteiger partial charge in [-0.05, 0) is 38.1 Å². The lowest BCUT2D eigenvalue weighted by atomic mass is 10.2. The van der Waals surface area contributed by atoms with Gasteiger partial charge in [0.25, 0.3) is 0 Å². The Kier molecular flexibility index (Phi) is 4.64. The smallest absolute Gasteiger partial charge is 0.243 e. The first-order chi connectivity index (χ1) is 8.78. The summed E-state index contributed by atoms with van der Waals surface area (Å²) in [6.07, 6.45) is 0. The van der Waals surface area contributed by atoms with Crippen molar-refractivity contribution < 1.29 is 13.2 Å². The maximum atomic E-state index is 12.3. The molecule has 102 valence electrons. The van der Waals surface area contributed by atoms with E-state index >= 15 is 0 Å². The van der Waals surface area contributed by atoms with Crippen LogP contribution in [0.25, 0.3) is 0 Å². The first-order valence-electron chi connectivity index (χ1n) is 5.59. The second-order valence-corrected chi connectivity index (χ2v) is 6.14. The van der Waals surface area contributed by atoms with Crippen molar-refractivity contribution in [3.8, 4) is 6.07 Å². The van der Waals surface area contributed by atoms with E-state index in [0.717, 1.165) is 4.31 Å². The van der Waals surface area contributed by atoms with Crippen LogP contribution in [-0.2, 0) is 14.8 Å². The van der Waals surface area contributed by atoms with Crippen LogP contribution in [0.5, 0.6) is 0 Å². The lowest BCUT2D eigenvalue weighted by Crippen LogP contribution is -2.42. The second-order valence-electron chi connectivity index (χ2n) is 4.25. The molecule has 1 rings (SSSR count). The molecule has 0 aromatic heterocycles. The zero-order valence-electron chi connectivity index (χ0n) is 10.7. The van der Waals surface area contributed by atoms with Gasteiger partial charge in [-0.2, -0.15) is 9.57 Å². The number of nitrogens with two attached hydrogens (primary N) is 1. The van der Waals surface area contributed by atoms with Gasteiger partial charge in [0, 0.05) is 6.04 Å². The van der Waals surface area contributed by atoms with E-state index in [-0.39, 0.29) is 11.4 Å². The Balaban J connectivity index is 3.19. The summed E-state index contributed by atoms with van der Waals surface area (Å²) >= 11 is 0. The molecular weight excluding hydrogens is 266 g/mol. The third kappa shape index (κ3) is 3.53. The summed E-state index contributed by atoms with van der Waals surface area (Å²) in [5.74, 6) is -0.717. The summed E-state index contributed by atoms with van der Waals surface area (Å²) in [7, 11) is -3.80. The second kappa shape index (κ2) is 5.82. The van der Waals surface area contributed by atoms with Crippen molar-refractivity contribution in [2.75, 3.05) is 6.54 Å². The van der Waals surface area contributed by atoms with Crippen LogP contribution in [0.3, 0.4) is 0 Å². The molecule has 0 spiro atoms. The predicted molar refractivity (Wildman–Crippen MR) is 69.4 cm³/mol. The molecule has 1 amide bonds. The average molecular weight is 281 g/mol. The van der Waals surface area contributed by atoms with Crippen molar-refractivity contribution in [2.24, 2.45) is 5.73 Å². The highest BCUT2D eigenvalue weighted by atomic mass is 32.2. The van der Waals surface area contributed by atoms with Gasteiger partial charge in [0.05, 0.1) is 23.1 Å². The Morgan fingerprint density at radius 1 is 1.37 bits per heavy atom. The van der Waals surface area contributed by atoms with E-state index < -0.39 is 22.0 Å². The van der Waals surface area contributed by atoms with Crippen LogP contribution in [0.2, 0.25) is 0 Å². The van der Waals surface area contributed by atoms with E-state index in [2.05, 4.69) is 0 Å². The van der Waals surface area contributed by atoms with Gasteiger partial charge in [-0.15, -0.1) is 0 Å². The third-order valence-corrected chi connectivity index (χ3v) is 4.51. The number of amides is 1. The molecule has 1 aromatic carbocycles. The van der Waals surface area contributed by atoms with Crippen LogP contribution in [0.1, 0.15) is 19.4 Å². The normalized spacial score (nSPS) is 11.5. The number of hydrogen-bond donors (Lipinski definition) is 1. The lowest BCUT2D eigenvalue weighted by Gasteiger charge is -2.24. The minimum absolute atomic E-state index is 0.0291. The van der Waals surface area contributed by atoms with Crippen LogP contribution in [0, 0.1) is 11.3 Å². The van der Waals surface area contributed by atoms with Crippen molar-refractivity contribution in [2.45, 2.75) is 24.8 Å². The number of primary amides is 1. The van der Waals surface area contributed by atoms with E-state index in [1.807, 2.05) is 6.07 Å². The van der Waals surface area contributed by atoms with Crippen molar-refractivity contribution in [1.82, 2.24) is 4.31 Å². The first kappa shape index (κ1) is 15.1. The van der Waals surface area contributed by atoms with Crippen LogP contribution < -0.4 is 5.73 Å². The maximum absolute atomic E-state index is 12.3. The minimum atomic E-state index is -3.80. The van der Waals surface area contributed by atoms with Crippen molar-refractivity contribution in [1.29, 1.82) is 5.26 Å². The fraction of sp³-hybridized carbons (Fsp3) is 0.333. The zero-order chi connectivity index (χ0) is 14.6. The lowest BCUT2D eigenvalue weighted by molar-refractivity contribution is -0.118. The topological polar surface area (TPSA) is 104 Å². The highest BCUT2D eigenvalue weighted by Crippen LogP contribution is 2.18. The molecule has 0 aliphatic rings. The Morgan fingerprint density at radius 3 is 2.26 bits per heavy atom. The molecule has 0 aliphatic carbocycles. The number of nitriles is 1. The highest BCUT2D eigenvalue weighted by Gasteiger charge is 2.28. The quantitative estimate of drug-likeness (QED) is 0.845. The van der Waals surface area contributed by atoms with Crippen LogP contribution in [0.4, 0.5) is 0 Å². The monoisotopic (exact) mass is 281 g/mol. The minimum Gasteiger partial charge on any atom is -0.369 e. The molecule has 0 aliphatic heterocycles. The van der Waals surface area contributed by atoms with Gasteiger partial charge in [-0.3, -0.25) is 4.79 Å². The Bertz CT molecular complexity index is 600. The van der Waals surface area contributed by atoms with Crippen molar-refractivity contribution >= 4 is 15.9 Å². The Morgan fingerprint density at radius 2 is 1.89 bits per heavy atom. The van der Waals surface area contributed by atoms with Gasteiger partial charge < -0.3 is 5.73 Å². The number of sulfonamides is 1. The van der Waals surface area contributed by atoms with Crippen LogP contribution in [-0.4, -0.2) is 31.2 Å². The fourth-order valence-corrected chi connectivity index (χ4v) is 3.14. The molecule has 0 unspecified atom stereocenters. The molecule has 0 radical (unpaired) electrons. The molecule has 0 heterocycles. The van der Waals surface area contributed by atoms with E-state index in [1.165, 1.54) is 24.3 Å². The number of carbonyl (C=O) groups excluding carboxylic acids is 1. The van der Waals surface area contributed by atoms with Crippen LogP contribution in [0.15, 0.2) is 29.2 Å². The van der Waals surface area contributed by atoms with E-state index in [0.29, 0.717) is 5.56 Å². The third-order valence-electron chi connectivity index (χ3n) is 2.48. The molecular formula is C12H15N3O3S. The van der Waals surface area contributed by atoms with Gasteiger partial charge in [-0.1, -0.05) is 0 Å². The highest BCUT2D eigenvalue weighted by molar-refractivity contribution is 7.89. The molecule has 0 fully saturated rings. The number of benzene rings is 1. The SMILES string of the molecule is CC(C)N(CC(N)=O)S(=O)(=O)c1ccc(C#N)cc1. The molecule has 0 bridgehead atoms. The summed E-state index contributed by atoms with van der Waals surface area (Å²) in [6, 6.07) is 7.01. The zero-order valence-corrected chi connectivity index (χ0v) is 11.5. The number of rotatable bonds is 5. The fourth-order valence-electron chi connectivity index (χ4n) is 1.54. The Hall–Kier alpha value is -1.91. The summed E-state index contributed by atoms with van der Waals surface area (Å²) in [4.78, 5) is 11.0. The summed E-state index contributed by atoms with van der Waals surface area (Å²) in [6.45, 7) is 2.94. The van der Waals surface area contributed by atoms with Gasteiger partial charge in [0.15, 0.2) is 0 Å². The van der Waals surface area contributed by atoms with E-state index in [4.69, 9.17) is 11.0 Å². The molecule has 19 heavy (non-hydrogen) atoms. The summed E-state index contributed by atoms with van der Waals surface area (Å²) in [5.41, 5.74) is 5.43. The summed E-state index contributed by atoms with van der Waals surface area (Å²) < 4.78 is 25.7. The largest absolute Gasteiger partial charge is 0.369 e. The van der Waals surface area contributed by atoms with Gasteiger partial charge >= 0.3 is 0 Å². The molecule has 1 aromatic rings. The van der Waals surface area contributed by atoms with E-state index in [1.54, 1.807) is 13.8 Å². The number of carbonyl (C=O) groups is 1. The van der Waals surface area contributed by atoms with Crippen molar-refractivity contribution in [3.63, 3.8) is 0 Å². The molecule has 0 atom stereocenters. The van der Waals surface area contributed by atoms with Crippen LogP contribution >= 0.6 is 0 Å². The first-order valence-corrected chi connectivity index (χ1v) is 7.03. The predicted octanol–water partition coefficient (Wildman–Crippen LogP) is 0.443. The average Bonchev–Trinajstić information content (AvgIpc) is 2.35. The maximum Gasteiger partial charge on any atom is 0.243 e. The molecule has 7 heteroatoms. The molecule has 6 nitrogen and oxygen atoms in total. The van der Waals surface area contributed by atoms with Gasteiger partial charge in [0.1, 0.15) is 0 Å². The van der Waals surface area contributed by atoms with Gasteiger partial charge in [-0.25, -0.2) is 8.42 Å². The van der Waals surface area contributed by atoms with Crippen molar-refractivity contribution in [3.05, 3.63) is 29.8 Å². The molecule has 0 saturated carbocycles. The molecule has 0 saturated heterocycles. The summed E-state index contributed by atoms with van der Waals surface area (Å²) in [5, 5.41) is 8.68. The van der Waals surface area contributed by atoms with E-state index in [9.17, 15) is 13.2 Å². The molecule has 2 N–H and O–H groups in total. The number of nitrogens with zero attached hydrogens (tertiary/aromatic N) is 2. The van der Waals surface area contributed by atoms with Gasteiger partial charge in [0.2, 0.25) is 15.9 Å².